The third kappa shape index (κ3) is 2.88. The van der Waals surface area contributed by atoms with Gasteiger partial charge in [0.25, 0.3) is 0 Å². The van der Waals surface area contributed by atoms with Crippen LogP contribution in [0.25, 0.3) is 6.08 Å². The van der Waals surface area contributed by atoms with E-state index < -0.39 is 0 Å². The van der Waals surface area contributed by atoms with Gasteiger partial charge in [0.2, 0.25) is 5.91 Å². The molecule has 0 bridgehead atoms. The third-order valence-corrected chi connectivity index (χ3v) is 2.07. The molecule has 0 unspecified atom stereocenters. The highest BCUT2D eigenvalue weighted by atomic mass is 16.3. The van der Waals surface area contributed by atoms with E-state index in [2.05, 4.69) is 10.3 Å². The maximum absolute atomic E-state index is 11.4. The number of carbonyl (C=O) groups is 1. The van der Waals surface area contributed by atoms with Gasteiger partial charge in [-0.1, -0.05) is 0 Å². The normalized spacial score (nSPS) is 10.8. The third-order valence-electron chi connectivity index (χ3n) is 2.07. The predicted molar refractivity (Wildman–Crippen MR) is 60.4 cm³/mol. The highest BCUT2D eigenvalue weighted by molar-refractivity contribution is 5.91. The molecule has 0 radical (unpaired) electrons. The Balaban J connectivity index is 1.81. The minimum absolute atomic E-state index is 0.141. The molecule has 0 aromatic carbocycles. The lowest BCUT2D eigenvalue weighted by molar-refractivity contribution is -0.116. The number of aromatic amines is 1. The van der Waals surface area contributed by atoms with Crippen LogP contribution >= 0.6 is 0 Å². The zero-order valence-electron chi connectivity index (χ0n) is 8.64. The summed E-state index contributed by atoms with van der Waals surface area (Å²) in [6.45, 7) is 0.519. The van der Waals surface area contributed by atoms with E-state index in [0.717, 1.165) is 5.56 Å². The second kappa shape index (κ2) is 5.02. The quantitative estimate of drug-likeness (QED) is 0.767. The summed E-state index contributed by atoms with van der Waals surface area (Å²) >= 11 is 0. The molecule has 82 valence electrons. The molecule has 0 saturated heterocycles. The molecule has 16 heavy (non-hydrogen) atoms. The van der Waals surface area contributed by atoms with Crippen molar-refractivity contribution in [3.8, 4) is 0 Å². The van der Waals surface area contributed by atoms with Crippen LogP contribution in [0.5, 0.6) is 0 Å². The van der Waals surface area contributed by atoms with Crippen molar-refractivity contribution in [1.29, 1.82) is 0 Å². The molecule has 2 N–H and O–H groups in total. The van der Waals surface area contributed by atoms with Crippen molar-refractivity contribution >= 4 is 12.0 Å². The molecular weight excluding hydrogens is 204 g/mol. The summed E-state index contributed by atoms with van der Waals surface area (Å²) in [6, 6.07) is 5.48. The van der Waals surface area contributed by atoms with Gasteiger partial charge in [0.05, 0.1) is 6.26 Å². The van der Waals surface area contributed by atoms with Crippen molar-refractivity contribution < 1.29 is 9.21 Å². The molecule has 0 aliphatic heterocycles. The largest absolute Gasteiger partial charge is 0.465 e. The van der Waals surface area contributed by atoms with E-state index in [-0.39, 0.29) is 5.91 Å². The summed E-state index contributed by atoms with van der Waals surface area (Å²) < 4.78 is 5.06. The second-order valence-electron chi connectivity index (χ2n) is 3.29. The SMILES string of the molecule is O=C(/C=C/c1ccco1)NCc1cc[nH]c1. The minimum atomic E-state index is -0.141. The summed E-state index contributed by atoms with van der Waals surface area (Å²) in [5, 5.41) is 2.76. The van der Waals surface area contributed by atoms with Gasteiger partial charge >= 0.3 is 0 Å². The first kappa shape index (κ1) is 10.3. The number of H-pyrrole nitrogens is 1. The van der Waals surface area contributed by atoms with E-state index in [9.17, 15) is 4.79 Å². The number of carbonyl (C=O) groups excluding carboxylic acids is 1. The van der Waals surface area contributed by atoms with Crippen molar-refractivity contribution in [2.75, 3.05) is 0 Å². The monoisotopic (exact) mass is 216 g/mol. The standard InChI is InChI=1S/C12H12N2O2/c15-12(4-3-11-2-1-7-16-11)14-9-10-5-6-13-8-10/h1-8,13H,9H2,(H,14,15)/b4-3+. The Morgan fingerprint density at radius 1 is 1.50 bits per heavy atom. The van der Waals surface area contributed by atoms with Gasteiger partial charge in [0.15, 0.2) is 0 Å². The average molecular weight is 216 g/mol. The van der Waals surface area contributed by atoms with Gasteiger partial charge in [-0.2, -0.15) is 0 Å². The Morgan fingerprint density at radius 3 is 3.12 bits per heavy atom. The van der Waals surface area contributed by atoms with E-state index in [1.807, 2.05) is 18.5 Å². The lowest BCUT2D eigenvalue weighted by Gasteiger charge is -1.98. The van der Waals surface area contributed by atoms with Gasteiger partial charge in [-0.25, -0.2) is 0 Å². The van der Waals surface area contributed by atoms with Gasteiger partial charge in [0, 0.05) is 25.0 Å². The highest BCUT2D eigenvalue weighted by Crippen LogP contribution is 2.02. The van der Waals surface area contributed by atoms with Crippen molar-refractivity contribution in [3.05, 3.63) is 54.3 Å². The van der Waals surface area contributed by atoms with Crippen LogP contribution in [0.3, 0.4) is 0 Å². The summed E-state index contributed by atoms with van der Waals surface area (Å²) in [6.07, 6.45) is 8.31. The topological polar surface area (TPSA) is 58.0 Å². The zero-order valence-corrected chi connectivity index (χ0v) is 8.64. The van der Waals surface area contributed by atoms with Crippen molar-refractivity contribution in [2.45, 2.75) is 6.54 Å². The molecule has 0 fully saturated rings. The summed E-state index contributed by atoms with van der Waals surface area (Å²) in [4.78, 5) is 14.3. The first-order valence-corrected chi connectivity index (χ1v) is 4.96. The van der Waals surface area contributed by atoms with Crippen LogP contribution in [-0.4, -0.2) is 10.9 Å². The van der Waals surface area contributed by atoms with Gasteiger partial charge < -0.3 is 14.7 Å². The predicted octanol–water partition coefficient (Wildman–Crippen LogP) is 1.94. The molecule has 2 rings (SSSR count). The Kier molecular flexibility index (Phi) is 3.23. The molecule has 0 saturated carbocycles. The lowest BCUT2D eigenvalue weighted by atomic mass is 10.3. The lowest BCUT2D eigenvalue weighted by Crippen LogP contribution is -2.19. The van der Waals surface area contributed by atoms with E-state index in [0.29, 0.717) is 12.3 Å². The summed E-state index contributed by atoms with van der Waals surface area (Å²) in [5.74, 6) is 0.523. The number of hydrogen-bond donors (Lipinski definition) is 2. The molecular formula is C12H12N2O2. The van der Waals surface area contributed by atoms with E-state index in [1.165, 1.54) is 6.08 Å². The van der Waals surface area contributed by atoms with Crippen LogP contribution in [0.4, 0.5) is 0 Å². The van der Waals surface area contributed by atoms with Gasteiger partial charge in [-0.15, -0.1) is 0 Å². The fourth-order valence-corrected chi connectivity index (χ4v) is 1.26. The Bertz CT molecular complexity index is 455. The van der Waals surface area contributed by atoms with Crippen LogP contribution in [0.15, 0.2) is 47.3 Å². The number of nitrogens with one attached hydrogen (secondary N) is 2. The van der Waals surface area contributed by atoms with Crippen molar-refractivity contribution in [3.63, 3.8) is 0 Å². The minimum Gasteiger partial charge on any atom is -0.465 e. The molecule has 2 aromatic rings. The van der Waals surface area contributed by atoms with Crippen LogP contribution in [0, 0.1) is 0 Å². The first-order chi connectivity index (χ1) is 7.84. The number of hydrogen-bond acceptors (Lipinski definition) is 2. The van der Waals surface area contributed by atoms with Crippen LogP contribution in [-0.2, 0) is 11.3 Å². The molecule has 2 heterocycles. The Morgan fingerprint density at radius 2 is 2.44 bits per heavy atom. The number of aromatic nitrogens is 1. The van der Waals surface area contributed by atoms with Gasteiger partial charge in [-0.05, 0) is 29.8 Å². The average Bonchev–Trinajstić information content (AvgIpc) is 2.96. The van der Waals surface area contributed by atoms with Crippen molar-refractivity contribution in [1.82, 2.24) is 10.3 Å². The molecule has 2 aromatic heterocycles. The van der Waals surface area contributed by atoms with E-state index >= 15 is 0 Å². The van der Waals surface area contributed by atoms with Crippen LogP contribution in [0.2, 0.25) is 0 Å². The smallest absolute Gasteiger partial charge is 0.244 e. The number of amides is 1. The molecule has 1 amide bonds. The summed E-state index contributed by atoms with van der Waals surface area (Å²) in [7, 11) is 0. The first-order valence-electron chi connectivity index (χ1n) is 4.96. The molecule has 0 aliphatic rings. The Labute approximate surface area is 93.0 Å². The number of furan rings is 1. The zero-order chi connectivity index (χ0) is 11.2. The summed E-state index contributed by atoms with van der Waals surface area (Å²) in [5.41, 5.74) is 1.04. The molecule has 0 atom stereocenters. The molecule has 0 spiro atoms. The fraction of sp³-hybridized carbons (Fsp3) is 0.0833. The van der Waals surface area contributed by atoms with Gasteiger partial charge in [0.1, 0.15) is 5.76 Å². The van der Waals surface area contributed by atoms with Crippen molar-refractivity contribution in [2.24, 2.45) is 0 Å². The molecule has 0 aliphatic carbocycles. The fourth-order valence-electron chi connectivity index (χ4n) is 1.26. The highest BCUT2D eigenvalue weighted by Gasteiger charge is 1.97. The van der Waals surface area contributed by atoms with E-state index in [4.69, 9.17) is 4.42 Å². The van der Waals surface area contributed by atoms with Gasteiger partial charge in [-0.3, -0.25) is 4.79 Å². The van der Waals surface area contributed by atoms with Crippen LogP contribution < -0.4 is 5.32 Å². The molecule has 4 heteroatoms. The number of rotatable bonds is 4. The maximum Gasteiger partial charge on any atom is 0.244 e. The van der Waals surface area contributed by atoms with Crippen LogP contribution in [0.1, 0.15) is 11.3 Å². The maximum atomic E-state index is 11.4. The second-order valence-corrected chi connectivity index (χ2v) is 3.29. The van der Waals surface area contributed by atoms with E-state index in [1.54, 1.807) is 24.5 Å². The Hall–Kier alpha value is -2.23. The molecule has 4 nitrogen and oxygen atoms in total.